The van der Waals surface area contributed by atoms with Gasteiger partial charge < -0.3 is 14.8 Å². The lowest BCUT2D eigenvalue weighted by atomic mass is 9.85. The van der Waals surface area contributed by atoms with Gasteiger partial charge in [-0.25, -0.2) is 4.79 Å². The molecule has 110 valence electrons. The van der Waals surface area contributed by atoms with Crippen LogP contribution in [0, 0.1) is 0 Å². The summed E-state index contributed by atoms with van der Waals surface area (Å²) in [6, 6.07) is 6.91. The Labute approximate surface area is 121 Å². The molecule has 1 aromatic heterocycles. The molecular weight excluding hydrogens is 272 g/mol. The normalized spacial score (nSPS) is 24.6. The zero-order chi connectivity index (χ0) is 15.2. The minimum absolute atomic E-state index is 0.398. The van der Waals surface area contributed by atoms with Crippen LogP contribution in [0.3, 0.4) is 0 Å². The van der Waals surface area contributed by atoms with Crippen molar-refractivity contribution in [2.24, 2.45) is 0 Å². The van der Waals surface area contributed by atoms with Crippen LogP contribution in [0.2, 0.25) is 0 Å². The van der Waals surface area contributed by atoms with Crippen molar-refractivity contribution in [2.45, 2.75) is 24.9 Å². The molecule has 0 saturated carbocycles. The Hall–Kier alpha value is -2.34. The minimum Gasteiger partial charge on any atom is -0.480 e. The predicted molar refractivity (Wildman–Crippen MR) is 75.9 cm³/mol. The van der Waals surface area contributed by atoms with Crippen molar-refractivity contribution in [2.75, 3.05) is 7.11 Å². The zero-order valence-corrected chi connectivity index (χ0v) is 11.8. The van der Waals surface area contributed by atoms with Gasteiger partial charge in [-0.15, -0.1) is 0 Å². The first-order chi connectivity index (χ1) is 9.97. The molecule has 3 N–H and O–H groups in total. The quantitative estimate of drug-likeness (QED) is 0.721. The summed E-state index contributed by atoms with van der Waals surface area (Å²) < 4.78 is 4.76. The van der Waals surface area contributed by atoms with Crippen LogP contribution in [0.1, 0.15) is 18.2 Å². The van der Waals surface area contributed by atoms with E-state index >= 15 is 0 Å². The van der Waals surface area contributed by atoms with Gasteiger partial charge in [0.25, 0.3) is 0 Å². The van der Waals surface area contributed by atoms with Crippen molar-refractivity contribution in [3.8, 4) is 0 Å². The van der Waals surface area contributed by atoms with Crippen molar-refractivity contribution in [1.29, 1.82) is 0 Å². The van der Waals surface area contributed by atoms with Crippen LogP contribution in [0.5, 0.6) is 0 Å². The molecule has 2 atom stereocenters. The lowest BCUT2D eigenvalue weighted by Gasteiger charge is -2.35. The summed E-state index contributed by atoms with van der Waals surface area (Å²) in [5.41, 5.74) is 0.953. The van der Waals surface area contributed by atoms with Crippen molar-refractivity contribution in [3.05, 3.63) is 35.5 Å². The number of aliphatic carboxylic acids is 1. The van der Waals surface area contributed by atoms with Gasteiger partial charge >= 0.3 is 11.9 Å². The number of ether oxygens (including phenoxy) is 1. The number of fused-ring (bicyclic) bond motifs is 3. The van der Waals surface area contributed by atoms with E-state index in [2.05, 4.69) is 10.3 Å². The van der Waals surface area contributed by atoms with E-state index in [1.165, 1.54) is 7.11 Å². The number of carboxylic acid groups (broad SMARTS) is 1. The highest BCUT2D eigenvalue weighted by Crippen LogP contribution is 2.35. The largest absolute Gasteiger partial charge is 0.480 e. The van der Waals surface area contributed by atoms with Crippen LogP contribution in [-0.4, -0.2) is 35.2 Å². The maximum atomic E-state index is 11.9. The number of hydrogen-bond acceptors (Lipinski definition) is 4. The van der Waals surface area contributed by atoms with Crippen LogP contribution in [0.4, 0.5) is 0 Å². The summed E-state index contributed by atoms with van der Waals surface area (Å²) in [6.07, 6.45) is 0.398. The molecular formula is C15H16N2O4. The van der Waals surface area contributed by atoms with Gasteiger partial charge in [0, 0.05) is 17.3 Å². The van der Waals surface area contributed by atoms with Crippen molar-refractivity contribution < 1.29 is 19.4 Å². The number of hydrogen-bond donors (Lipinski definition) is 3. The van der Waals surface area contributed by atoms with E-state index in [9.17, 15) is 14.7 Å². The molecule has 1 aliphatic heterocycles. The van der Waals surface area contributed by atoms with Crippen LogP contribution >= 0.6 is 0 Å². The lowest BCUT2D eigenvalue weighted by Crippen LogP contribution is -2.58. The third kappa shape index (κ3) is 1.91. The average Bonchev–Trinajstić information content (AvgIpc) is 2.86. The second-order valence-corrected chi connectivity index (χ2v) is 5.38. The number of nitrogens with one attached hydrogen (secondary N) is 2. The van der Waals surface area contributed by atoms with Gasteiger partial charge in [0.2, 0.25) is 0 Å². The van der Waals surface area contributed by atoms with Crippen LogP contribution in [-0.2, 0) is 26.3 Å². The molecule has 2 aromatic rings. The Morgan fingerprint density at radius 1 is 1.38 bits per heavy atom. The molecule has 0 bridgehead atoms. The highest BCUT2D eigenvalue weighted by molar-refractivity contribution is 5.92. The number of carboxylic acids is 1. The lowest BCUT2D eigenvalue weighted by molar-refractivity contribution is -0.149. The maximum absolute atomic E-state index is 11.9. The topological polar surface area (TPSA) is 91.4 Å². The van der Waals surface area contributed by atoms with E-state index in [4.69, 9.17) is 4.74 Å². The van der Waals surface area contributed by atoms with Gasteiger partial charge in [-0.05, 0) is 18.6 Å². The first kappa shape index (κ1) is 13.6. The molecule has 1 aromatic carbocycles. The third-order valence-corrected chi connectivity index (χ3v) is 4.10. The molecule has 1 unspecified atom stereocenters. The Morgan fingerprint density at radius 2 is 2.10 bits per heavy atom. The highest BCUT2D eigenvalue weighted by atomic mass is 16.5. The number of aromatic nitrogens is 1. The van der Waals surface area contributed by atoms with Crippen LogP contribution in [0.25, 0.3) is 10.9 Å². The van der Waals surface area contributed by atoms with Crippen molar-refractivity contribution >= 4 is 22.8 Å². The Kier molecular flexibility index (Phi) is 2.98. The summed E-state index contributed by atoms with van der Waals surface area (Å²) in [5.74, 6) is -1.50. The smallest absolute Gasteiger partial charge is 0.329 e. The summed E-state index contributed by atoms with van der Waals surface area (Å²) in [5, 5.41) is 13.4. The van der Waals surface area contributed by atoms with Crippen LogP contribution in [0.15, 0.2) is 24.3 Å². The number of methoxy groups -OCH3 is 1. The molecule has 1 aliphatic rings. The molecule has 0 radical (unpaired) electrons. The van der Waals surface area contributed by atoms with Crippen molar-refractivity contribution in [1.82, 2.24) is 10.3 Å². The van der Waals surface area contributed by atoms with Gasteiger partial charge in [0.05, 0.1) is 12.8 Å². The highest BCUT2D eigenvalue weighted by Gasteiger charge is 2.46. The molecule has 0 saturated heterocycles. The number of esters is 1. The number of aromatic amines is 1. The van der Waals surface area contributed by atoms with E-state index < -0.39 is 23.5 Å². The number of para-hydroxylation sites is 1. The van der Waals surface area contributed by atoms with Crippen molar-refractivity contribution in [3.63, 3.8) is 0 Å². The number of carbonyl (C=O) groups excluding carboxylic acids is 1. The van der Waals surface area contributed by atoms with E-state index in [1.807, 2.05) is 24.3 Å². The van der Waals surface area contributed by atoms with Gasteiger partial charge in [-0.2, -0.15) is 0 Å². The summed E-state index contributed by atoms with van der Waals surface area (Å²) in [6.45, 7) is 1.55. The summed E-state index contributed by atoms with van der Waals surface area (Å²) in [4.78, 5) is 26.8. The van der Waals surface area contributed by atoms with E-state index in [0.29, 0.717) is 12.1 Å². The molecule has 2 heterocycles. The van der Waals surface area contributed by atoms with Gasteiger partial charge in [-0.1, -0.05) is 18.2 Å². The molecule has 21 heavy (non-hydrogen) atoms. The second-order valence-electron chi connectivity index (χ2n) is 5.38. The van der Waals surface area contributed by atoms with Crippen LogP contribution < -0.4 is 5.32 Å². The SMILES string of the molecule is COC(=O)[C@@H]1Cc2c([nH]c3ccccc23)C(C)(C(=O)O)N1. The molecule has 3 rings (SSSR count). The van der Waals surface area contributed by atoms with Gasteiger partial charge in [-0.3, -0.25) is 10.1 Å². The average molecular weight is 288 g/mol. The fourth-order valence-corrected chi connectivity index (χ4v) is 2.97. The monoisotopic (exact) mass is 288 g/mol. The van der Waals surface area contributed by atoms with E-state index in [-0.39, 0.29) is 0 Å². The predicted octanol–water partition coefficient (Wildman–Crippen LogP) is 1.15. The first-order valence-corrected chi connectivity index (χ1v) is 6.66. The van der Waals surface area contributed by atoms with E-state index in [0.717, 1.165) is 16.5 Å². The summed E-state index contributed by atoms with van der Waals surface area (Å²) >= 11 is 0. The number of carbonyl (C=O) groups is 2. The fourth-order valence-electron chi connectivity index (χ4n) is 2.97. The number of rotatable bonds is 2. The first-order valence-electron chi connectivity index (χ1n) is 6.66. The molecule has 6 nitrogen and oxygen atoms in total. The van der Waals surface area contributed by atoms with Gasteiger partial charge in [0.15, 0.2) is 5.54 Å². The Balaban J connectivity index is 2.22. The molecule has 0 amide bonds. The third-order valence-electron chi connectivity index (χ3n) is 4.10. The van der Waals surface area contributed by atoms with Gasteiger partial charge in [0.1, 0.15) is 6.04 Å². The minimum atomic E-state index is -1.36. The Bertz CT molecular complexity index is 736. The molecule has 0 aliphatic carbocycles. The number of benzene rings is 1. The molecule has 0 fully saturated rings. The molecule has 0 spiro atoms. The second kappa shape index (κ2) is 4.60. The fraction of sp³-hybridized carbons (Fsp3) is 0.333. The summed E-state index contributed by atoms with van der Waals surface area (Å²) in [7, 11) is 1.30. The maximum Gasteiger partial charge on any atom is 0.329 e. The van der Waals surface area contributed by atoms with E-state index in [1.54, 1.807) is 6.92 Å². The number of H-pyrrole nitrogens is 1. The standard InChI is InChI=1S/C15H16N2O4/c1-15(14(19)20)12-9(7-11(17-15)13(18)21-2)8-5-3-4-6-10(8)16-12/h3-6,11,16-17H,7H2,1-2H3,(H,19,20)/t11-,15?/m0/s1. The Morgan fingerprint density at radius 3 is 2.76 bits per heavy atom. The molecule has 6 heteroatoms. The zero-order valence-electron chi connectivity index (χ0n) is 11.8.